The Balaban J connectivity index is 2.21. The van der Waals surface area contributed by atoms with Crippen LogP contribution in [-0.2, 0) is 0 Å². The molecule has 6 heteroatoms. The zero-order valence-corrected chi connectivity index (χ0v) is 15.9. The van der Waals surface area contributed by atoms with Crippen molar-refractivity contribution >= 4 is 46.4 Å². The van der Waals surface area contributed by atoms with Gasteiger partial charge in [0, 0.05) is 11.3 Å². The first-order valence-corrected chi connectivity index (χ1v) is 8.58. The number of carbonyl (C=O) groups is 1. The van der Waals surface area contributed by atoms with E-state index in [0.717, 1.165) is 22.4 Å². The van der Waals surface area contributed by atoms with Crippen molar-refractivity contribution in [1.82, 2.24) is 5.32 Å². The SMILES string of the molecule is Cc1cccc(C(=O)NC(Nc2ccc(C)cc2C)C(Cl)(Cl)Cl)c1. The third-order valence-corrected chi connectivity index (χ3v) is 4.22. The number of rotatable bonds is 4. The maximum atomic E-state index is 12.5. The van der Waals surface area contributed by atoms with E-state index in [2.05, 4.69) is 10.6 Å². The second-order valence-corrected chi connectivity index (χ2v) is 8.15. The van der Waals surface area contributed by atoms with E-state index in [1.54, 1.807) is 12.1 Å². The Bertz CT molecular complexity index is 741. The van der Waals surface area contributed by atoms with E-state index in [1.807, 2.05) is 51.1 Å². The molecule has 1 atom stereocenters. The number of anilines is 1. The van der Waals surface area contributed by atoms with Gasteiger partial charge in [-0.3, -0.25) is 4.79 Å². The molecular weight excluding hydrogens is 367 g/mol. The first-order valence-electron chi connectivity index (χ1n) is 7.45. The minimum Gasteiger partial charge on any atom is -0.362 e. The van der Waals surface area contributed by atoms with Gasteiger partial charge in [-0.2, -0.15) is 0 Å². The number of amides is 1. The van der Waals surface area contributed by atoms with Crippen molar-refractivity contribution in [3.05, 3.63) is 64.7 Å². The van der Waals surface area contributed by atoms with Crippen LogP contribution in [0.25, 0.3) is 0 Å². The Morgan fingerprint density at radius 1 is 1.00 bits per heavy atom. The van der Waals surface area contributed by atoms with Crippen molar-refractivity contribution in [3.63, 3.8) is 0 Å². The van der Waals surface area contributed by atoms with Gasteiger partial charge in [-0.1, -0.05) is 70.2 Å². The van der Waals surface area contributed by atoms with Crippen LogP contribution in [0.4, 0.5) is 5.69 Å². The Morgan fingerprint density at radius 2 is 1.67 bits per heavy atom. The van der Waals surface area contributed by atoms with Gasteiger partial charge in [0.05, 0.1) is 0 Å². The first-order chi connectivity index (χ1) is 11.2. The molecule has 0 aliphatic rings. The summed E-state index contributed by atoms with van der Waals surface area (Å²) in [7, 11) is 0. The fraction of sp³-hybridized carbons (Fsp3) is 0.278. The molecule has 128 valence electrons. The van der Waals surface area contributed by atoms with Gasteiger partial charge in [0.15, 0.2) is 0 Å². The molecule has 0 aromatic heterocycles. The molecule has 1 unspecified atom stereocenters. The Hall–Kier alpha value is -1.42. The van der Waals surface area contributed by atoms with Crippen molar-refractivity contribution in [3.8, 4) is 0 Å². The number of hydrogen-bond donors (Lipinski definition) is 2. The monoisotopic (exact) mass is 384 g/mol. The molecule has 2 aromatic carbocycles. The average molecular weight is 386 g/mol. The second-order valence-electron chi connectivity index (χ2n) is 5.78. The van der Waals surface area contributed by atoms with Gasteiger partial charge in [-0.05, 0) is 44.5 Å². The topological polar surface area (TPSA) is 41.1 Å². The summed E-state index contributed by atoms with van der Waals surface area (Å²) >= 11 is 18.1. The third-order valence-electron chi connectivity index (χ3n) is 3.56. The largest absolute Gasteiger partial charge is 0.362 e. The third kappa shape index (κ3) is 5.04. The van der Waals surface area contributed by atoms with Gasteiger partial charge in [0.25, 0.3) is 5.91 Å². The number of aryl methyl sites for hydroxylation is 3. The molecule has 0 aliphatic heterocycles. The van der Waals surface area contributed by atoms with E-state index >= 15 is 0 Å². The maximum absolute atomic E-state index is 12.5. The fourth-order valence-corrected chi connectivity index (χ4v) is 2.66. The van der Waals surface area contributed by atoms with E-state index < -0.39 is 9.96 Å². The number of alkyl halides is 3. The molecule has 2 rings (SSSR count). The number of hydrogen-bond acceptors (Lipinski definition) is 2. The summed E-state index contributed by atoms with van der Waals surface area (Å²) in [6.45, 7) is 5.87. The average Bonchev–Trinajstić information content (AvgIpc) is 2.48. The van der Waals surface area contributed by atoms with Crippen molar-refractivity contribution in [2.75, 3.05) is 5.32 Å². The lowest BCUT2D eigenvalue weighted by Gasteiger charge is -2.28. The number of halogens is 3. The molecule has 0 saturated carbocycles. The highest BCUT2D eigenvalue weighted by Crippen LogP contribution is 2.32. The van der Waals surface area contributed by atoms with Crippen LogP contribution < -0.4 is 10.6 Å². The quantitative estimate of drug-likeness (QED) is 0.564. The minimum absolute atomic E-state index is 0.313. The zero-order chi connectivity index (χ0) is 17.9. The van der Waals surface area contributed by atoms with Gasteiger partial charge >= 0.3 is 0 Å². The molecule has 24 heavy (non-hydrogen) atoms. The zero-order valence-electron chi connectivity index (χ0n) is 13.7. The summed E-state index contributed by atoms with van der Waals surface area (Å²) in [6, 6.07) is 13.1. The molecule has 2 aromatic rings. The molecule has 2 N–H and O–H groups in total. The fourth-order valence-electron chi connectivity index (χ4n) is 2.33. The van der Waals surface area contributed by atoms with Crippen LogP contribution in [0.2, 0.25) is 0 Å². The molecule has 1 amide bonds. The highest BCUT2D eigenvalue weighted by molar-refractivity contribution is 6.68. The Labute approximate surface area is 157 Å². The summed E-state index contributed by atoms with van der Waals surface area (Å²) in [5.74, 6) is -0.313. The van der Waals surface area contributed by atoms with Gasteiger partial charge in [-0.25, -0.2) is 0 Å². The molecule has 0 heterocycles. The van der Waals surface area contributed by atoms with Crippen LogP contribution in [0, 0.1) is 20.8 Å². The number of carbonyl (C=O) groups excluding carboxylic acids is 1. The molecular formula is C18H19Cl3N2O. The van der Waals surface area contributed by atoms with E-state index in [9.17, 15) is 4.79 Å². The second kappa shape index (κ2) is 7.64. The summed E-state index contributed by atoms with van der Waals surface area (Å²) in [5.41, 5.74) is 4.42. The van der Waals surface area contributed by atoms with Gasteiger partial charge < -0.3 is 10.6 Å². The summed E-state index contributed by atoms with van der Waals surface area (Å²) in [5, 5.41) is 5.85. The lowest BCUT2D eigenvalue weighted by atomic mass is 10.1. The van der Waals surface area contributed by atoms with Crippen LogP contribution in [0.5, 0.6) is 0 Å². The molecule has 0 spiro atoms. The molecule has 0 fully saturated rings. The molecule has 0 bridgehead atoms. The lowest BCUT2D eigenvalue weighted by Crippen LogP contribution is -2.49. The molecule has 3 nitrogen and oxygen atoms in total. The van der Waals surface area contributed by atoms with Crippen LogP contribution in [0.15, 0.2) is 42.5 Å². The number of benzene rings is 2. The van der Waals surface area contributed by atoms with Crippen molar-refractivity contribution < 1.29 is 4.79 Å². The van der Waals surface area contributed by atoms with Gasteiger partial charge in [-0.15, -0.1) is 0 Å². The van der Waals surface area contributed by atoms with Gasteiger partial charge in [0.1, 0.15) is 6.17 Å². The standard InChI is InChI=1S/C18H19Cl3N2O/c1-11-5-4-6-14(10-11)16(24)23-17(18(19,20)21)22-15-8-7-12(2)9-13(15)3/h4-10,17,22H,1-3H3,(H,23,24). The molecule has 0 radical (unpaired) electrons. The summed E-state index contributed by atoms with van der Waals surface area (Å²) in [6.07, 6.45) is -0.878. The first kappa shape index (κ1) is 18.9. The molecule has 0 aliphatic carbocycles. The van der Waals surface area contributed by atoms with Crippen molar-refractivity contribution in [2.24, 2.45) is 0 Å². The maximum Gasteiger partial charge on any atom is 0.252 e. The Morgan fingerprint density at radius 3 is 2.25 bits per heavy atom. The summed E-state index contributed by atoms with van der Waals surface area (Å²) < 4.78 is -1.71. The van der Waals surface area contributed by atoms with E-state index in [4.69, 9.17) is 34.8 Å². The number of nitrogens with one attached hydrogen (secondary N) is 2. The summed E-state index contributed by atoms with van der Waals surface area (Å²) in [4.78, 5) is 12.5. The van der Waals surface area contributed by atoms with E-state index in [0.29, 0.717) is 5.56 Å². The lowest BCUT2D eigenvalue weighted by molar-refractivity contribution is 0.0941. The predicted octanol–water partition coefficient (Wildman–Crippen LogP) is 5.15. The highest BCUT2D eigenvalue weighted by Gasteiger charge is 2.34. The van der Waals surface area contributed by atoms with Crippen LogP contribution >= 0.6 is 34.8 Å². The highest BCUT2D eigenvalue weighted by atomic mass is 35.6. The van der Waals surface area contributed by atoms with E-state index in [1.165, 1.54) is 0 Å². The minimum atomic E-state index is -1.71. The van der Waals surface area contributed by atoms with Gasteiger partial charge in [0.2, 0.25) is 3.79 Å². The molecule has 0 saturated heterocycles. The van der Waals surface area contributed by atoms with Crippen LogP contribution in [-0.4, -0.2) is 15.9 Å². The van der Waals surface area contributed by atoms with E-state index in [-0.39, 0.29) is 5.91 Å². The normalized spacial score (nSPS) is 12.6. The van der Waals surface area contributed by atoms with Crippen molar-refractivity contribution in [2.45, 2.75) is 30.7 Å². The van der Waals surface area contributed by atoms with Crippen LogP contribution in [0.1, 0.15) is 27.0 Å². The Kier molecular flexibility index (Phi) is 6.02. The van der Waals surface area contributed by atoms with Crippen molar-refractivity contribution in [1.29, 1.82) is 0 Å². The van der Waals surface area contributed by atoms with Crippen LogP contribution in [0.3, 0.4) is 0 Å². The predicted molar refractivity (Wildman–Crippen MR) is 102 cm³/mol. The smallest absolute Gasteiger partial charge is 0.252 e.